The summed E-state index contributed by atoms with van der Waals surface area (Å²) < 4.78 is 4.74. The molecule has 1 N–H and O–H groups in total. The molecule has 0 amide bonds. The van der Waals surface area contributed by atoms with Crippen molar-refractivity contribution in [3.05, 3.63) is 35.9 Å². The van der Waals surface area contributed by atoms with Crippen LogP contribution in [0.4, 0.5) is 0 Å². The third kappa shape index (κ3) is 2.46. The zero-order chi connectivity index (χ0) is 14.0. The molecule has 19 heavy (non-hydrogen) atoms. The van der Waals surface area contributed by atoms with E-state index in [0.29, 0.717) is 0 Å². The first-order chi connectivity index (χ1) is 9.06. The Bertz CT molecular complexity index is 474. The number of likely N-dealkylation sites (N-methyl/N-ethyl adjacent to an activating group) is 1. The number of hydrogen-bond donors (Lipinski definition) is 1. The van der Waals surface area contributed by atoms with Gasteiger partial charge in [-0.2, -0.15) is 0 Å². The number of carbonyl (C=O) groups excluding carboxylic acids is 1. The molecule has 1 aromatic carbocycles. The molecule has 1 aliphatic rings. The molecule has 0 aliphatic carbocycles. The molecule has 2 rings (SSSR count). The molecule has 0 bridgehead atoms. The van der Waals surface area contributed by atoms with Gasteiger partial charge in [-0.3, -0.25) is 14.5 Å². The average molecular weight is 263 g/mol. The molecule has 5 nitrogen and oxygen atoms in total. The number of rotatable bonds is 3. The molecule has 0 aromatic heterocycles. The van der Waals surface area contributed by atoms with Crippen molar-refractivity contribution in [2.75, 3.05) is 14.2 Å². The Hall–Kier alpha value is -1.88. The molecular weight excluding hydrogens is 246 g/mol. The van der Waals surface area contributed by atoms with Gasteiger partial charge in [0.15, 0.2) is 0 Å². The fourth-order valence-electron chi connectivity index (χ4n) is 2.77. The molecule has 0 spiro atoms. The number of aliphatic carboxylic acids is 1. The van der Waals surface area contributed by atoms with Crippen LogP contribution in [-0.2, 0) is 14.3 Å². The van der Waals surface area contributed by atoms with Crippen molar-refractivity contribution in [3.8, 4) is 0 Å². The second-order valence-corrected chi connectivity index (χ2v) is 4.74. The average Bonchev–Trinajstić information content (AvgIpc) is 2.77. The number of esters is 1. The standard InChI is InChI=1S/C14H17NO4/c1-15-11(14(18)19-2)8-10(13(16)17)12(15)9-6-4-3-5-7-9/h3-7,10-12H,8H2,1-2H3,(H,16,17)/t10-,11+,12-/m1/s1. The number of nitrogens with zero attached hydrogens (tertiary/aromatic N) is 1. The fourth-order valence-corrected chi connectivity index (χ4v) is 2.77. The topological polar surface area (TPSA) is 66.8 Å². The van der Waals surface area contributed by atoms with Gasteiger partial charge in [-0.15, -0.1) is 0 Å². The van der Waals surface area contributed by atoms with Crippen LogP contribution >= 0.6 is 0 Å². The number of carboxylic acids is 1. The Kier molecular flexibility index (Phi) is 3.85. The third-order valence-corrected chi connectivity index (χ3v) is 3.72. The van der Waals surface area contributed by atoms with E-state index in [1.165, 1.54) is 7.11 Å². The lowest BCUT2D eigenvalue weighted by Gasteiger charge is -2.25. The summed E-state index contributed by atoms with van der Waals surface area (Å²) in [6.45, 7) is 0. The lowest BCUT2D eigenvalue weighted by atomic mass is 9.93. The Morgan fingerprint density at radius 2 is 1.95 bits per heavy atom. The van der Waals surface area contributed by atoms with E-state index < -0.39 is 17.9 Å². The van der Waals surface area contributed by atoms with E-state index in [2.05, 4.69) is 0 Å². The molecule has 1 aliphatic heterocycles. The van der Waals surface area contributed by atoms with E-state index in [0.717, 1.165) is 5.56 Å². The first kappa shape index (κ1) is 13.5. The molecule has 1 saturated heterocycles. The van der Waals surface area contributed by atoms with Gasteiger partial charge in [0.25, 0.3) is 0 Å². The highest BCUT2D eigenvalue weighted by Crippen LogP contribution is 2.40. The third-order valence-electron chi connectivity index (χ3n) is 3.72. The zero-order valence-corrected chi connectivity index (χ0v) is 10.9. The fraction of sp³-hybridized carbons (Fsp3) is 0.429. The Morgan fingerprint density at radius 3 is 2.47 bits per heavy atom. The first-order valence-corrected chi connectivity index (χ1v) is 6.13. The van der Waals surface area contributed by atoms with Crippen LogP contribution in [0.5, 0.6) is 0 Å². The van der Waals surface area contributed by atoms with Crippen LogP contribution in [0.25, 0.3) is 0 Å². The minimum atomic E-state index is -0.882. The maximum Gasteiger partial charge on any atom is 0.323 e. The van der Waals surface area contributed by atoms with Gasteiger partial charge < -0.3 is 9.84 Å². The van der Waals surface area contributed by atoms with Crippen molar-refractivity contribution in [1.82, 2.24) is 4.90 Å². The zero-order valence-electron chi connectivity index (χ0n) is 10.9. The largest absolute Gasteiger partial charge is 0.481 e. The molecule has 1 heterocycles. The van der Waals surface area contributed by atoms with E-state index >= 15 is 0 Å². The van der Waals surface area contributed by atoms with Crippen LogP contribution in [0.3, 0.4) is 0 Å². The maximum absolute atomic E-state index is 11.7. The number of ether oxygens (including phenoxy) is 1. The predicted molar refractivity (Wildman–Crippen MR) is 68.5 cm³/mol. The van der Waals surface area contributed by atoms with Crippen molar-refractivity contribution >= 4 is 11.9 Å². The Labute approximate surface area is 111 Å². The van der Waals surface area contributed by atoms with Gasteiger partial charge in [0, 0.05) is 6.04 Å². The van der Waals surface area contributed by atoms with Gasteiger partial charge in [-0.05, 0) is 19.0 Å². The van der Waals surface area contributed by atoms with E-state index in [4.69, 9.17) is 4.74 Å². The smallest absolute Gasteiger partial charge is 0.323 e. The van der Waals surface area contributed by atoms with Crippen molar-refractivity contribution < 1.29 is 19.4 Å². The van der Waals surface area contributed by atoms with Gasteiger partial charge >= 0.3 is 11.9 Å². The molecule has 0 saturated carbocycles. The molecule has 0 radical (unpaired) electrons. The van der Waals surface area contributed by atoms with Gasteiger partial charge in [0.2, 0.25) is 0 Å². The molecule has 0 unspecified atom stereocenters. The van der Waals surface area contributed by atoms with Gasteiger partial charge in [0.05, 0.1) is 13.0 Å². The molecule has 1 aromatic rings. The summed E-state index contributed by atoms with van der Waals surface area (Å²) in [5.74, 6) is -1.87. The second-order valence-electron chi connectivity index (χ2n) is 4.74. The summed E-state index contributed by atoms with van der Waals surface area (Å²) in [7, 11) is 3.09. The van der Waals surface area contributed by atoms with Crippen molar-refractivity contribution in [2.24, 2.45) is 5.92 Å². The second kappa shape index (κ2) is 5.40. The Balaban J connectivity index is 2.34. The summed E-state index contributed by atoms with van der Waals surface area (Å²) in [6, 6.07) is 8.58. The maximum atomic E-state index is 11.7. The van der Waals surface area contributed by atoms with Gasteiger partial charge in [-0.25, -0.2) is 0 Å². The lowest BCUT2D eigenvalue weighted by molar-refractivity contribution is -0.145. The first-order valence-electron chi connectivity index (χ1n) is 6.13. The summed E-state index contributed by atoms with van der Waals surface area (Å²) >= 11 is 0. The van der Waals surface area contributed by atoms with Crippen LogP contribution in [0, 0.1) is 5.92 Å². The van der Waals surface area contributed by atoms with E-state index in [9.17, 15) is 14.7 Å². The van der Waals surface area contributed by atoms with Gasteiger partial charge in [0.1, 0.15) is 6.04 Å². The number of carboxylic acid groups (broad SMARTS) is 1. The quantitative estimate of drug-likeness (QED) is 0.833. The highest BCUT2D eigenvalue weighted by atomic mass is 16.5. The van der Waals surface area contributed by atoms with Crippen LogP contribution in [0.1, 0.15) is 18.0 Å². The minimum Gasteiger partial charge on any atom is -0.481 e. The van der Waals surface area contributed by atoms with Crippen molar-refractivity contribution in [1.29, 1.82) is 0 Å². The number of likely N-dealkylation sites (tertiary alicyclic amines) is 1. The summed E-state index contributed by atoms with van der Waals surface area (Å²) in [6.07, 6.45) is 0.276. The predicted octanol–water partition coefficient (Wildman–Crippen LogP) is 1.31. The van der Waals surface area contributed by atoms with Crippen LogP contribution in [-0.4, -0.2) is 42.1 Å². The number of hydrogen-bond acceptors (Lipinski definition) is 4. The number of methoxy groups -OCH3 is 1. The molecule has 5 heteroatoms. The minimum absolute atomic E-state index is 0.276. The van der Waals surface area contributed by atoms with Gasteiger partial charge in [-0.1, -0.05) is 30.3 Å². The normalized spacial score (nSPS) is 27.2. The van der Waals surface area contributed by atoms with Crippen LogP contribution in [0.2, 0.25) is 0 Å². The Morgan fingerprint density at radius 1 is 1.32 bits per heavy atom. The van der Waals surface area contributed by atoms with Crippen LogP contribution in [0.15, 0.2) is 30.3 Å². The van der Waals surface area contributed by atoms with E-state index in [1.807, 2.05) is 30.3 Å². The highest BCUT2D eigenvalue weighted by molar-refractivity contribution is 5.79. The van der Waals surface area contributed by atoms with Crippen LogP contribution < -0.4 is 0 Å². The molecule has 1 fully saturated rings. The monoisotopic (exact) mass is 263 g/mol. The number of benzene rings is 1. The van der Waals surface area contributed by atoms with E-state index in [1.54, 1.807) is 11.9 Å². The molecular formula is C14H17NO4. The summed E-state index contributed by atoms with van der Waals surface area (Å²) in [5, 5.41) is 9.36. The highest BCUT2D eigenvalue weighted by Gasteiger charge is 2.46. The molecule has 102 valence electrons. The number of carbonyl (C=O) groups is 2. The van der Waals surface area contributed by atoms with E-state index in [-0.39, 0.29) is 18.4 Å². The summed E-state index contributed by atoms with van der Waals surface area (Å²) in [4.78, 5) is 24.9. The molecule has 3 atom stereocenters. The SMILES string of the molecule is COC(=O)[C@@H]1C[C@@H](C(=O)O)[C@@H](c2ccccc2)N1C. The summed E-state index contributed by atoms with van der Waals surface area (Å²) in [5.41, 5.74) is 0.906. The van der Waals surface area contributed by atoms with Crippen molar-refractivity contribution in [3.63, 3.8) is 0 Å². The van der Waals surface area contributed by atoms with Crippen molar-refractivity contribution in [2.45, 2.75) is 18.5 Å². The lowest BCUT2D eigenvalue weighted by Crippen LogP contribution is -2.35.